The molecule has 2 amide bonds. The zero-order valence-electron chi connectivity index (χ0n) is 17.4. The van der Waals surface area contributed by atoms with Gasteiger partial charge in [-0.05, 0) is 50.4 Å². The van der Waals surface area contributed by atoms with E-state index in [0.717, 1.165) is 9.58 Å². The predicted octanol–water partition coefficient (Wildman–Crippen LogP) is 2.08. The Morgan fingerprint density at radius 1 is 1.06 bits per heavy atom. The molecule has 158 valence electrons. The first-order valence-corrected chi connectivity index (χ1v) is 9.99. The fraction of sp³-hybridized carbons (Fsp3) is 0.217. The van der Waals surface area contributed by atoms with Gasteiger partial charge in [0, 0.05) is 23.7 Å². The number of aromatic nitrogens is 3. The van der Waals surface area contributed by atoms with Gasteiger partial charge in [-0.2, -0.15) is 9.67 Å². The maximum Gasteiger partial charge on any atom is 0.327 e. The Labute approximate surface area is 178 Å². The van der Waals surface area contributed by atoms with Crippen LogP contribution in [0.25, 0.3) is 17.0 Å². The van der Waals surface area contributed by atoms with Crippen LogP contribution >= 0.6 is 0 Å². The van der Waals surface area contributed by atoms with Gasteiger partial charge in [-0.25, -0.2) is 9.07 Å². The molecule has 4 rings (SSSR count). The van der Waals surface area contributed by atoms with E-state index in [-0.39, 0.29) is 22.9 Å². The number of imide groups is 1. The lowest BCUT2D eigenvalue weighted by Gasteiger charge is -2.18. The summed E-state index contributed by atoms with van der Waals surface area (Å²) in [5.74, 6) is -1.97. The number of hydrogen-bond acceptors (Lipinski definition) is 4. The number of hydrogen-bond donors (Lipinski definition) is 0. The molecule has 0 fully saturated rings. The van der Waals surface area contributed by atoms with Crippen molar-refractivity contribution in [3.05, 3.63) is 71.9 Å². The van der Waals surface area contributed by atoms with E-state index in [0.29, 0.717) is 17.8 Å². The van der Waals surface area contributed by atoms with Crippen LogP contribution in [0.4, 0.5) is 4.39 Å². The number of nitrogens with zero attached hydrogens (tertiary/aromatic N) is 4. The first-order valence-electron chi connectivity index (χ1n) is 9.99. The highest BCUT2D eigenvalue weighted by Gasteiger charge is 2.47. The van der Waals surface area contributed by atoms with E-state index in [1.54, 1.807) is 49.0 Å². The maximum atomic E-state index is 13.4. The number of amides is 2. The lowest BCUT2D eigenvalue weighted by atomic mass is 10.0. The Morgan fingerprint density at radius 2 is 1.71 bits per heavy atom. The third kappa shape index (κ3) is 3.30. The van der Waals surface area contributed by atoms with Gasteiger partial charge < -0.3 is 5.11 Å². The van der Waals surface area contributed by atoms with E-state index in [9.17, 15) is 19.1 Å². The summed E-state index contributed by atoms with van der Waals surface area (Å²) in [6, 6.07) is 10.2. The zero-order chi connectivity index (χ0) is 22.3. The van der Waals surface area contributed by atoms with Gasteiger partial charge in [0.1, 0.15) is 11.4 Å². The molecule has 1 aliphatic heterocycles. The molecule has 1 aliphatic rings. The third-order valence-electron chi connectivity index (χ3n) is 5.15. The fourth-order valence-corrected chi connectivity index (χ4v) is 3.72. The van der Waals surface area contributed by atoms with Crippen LogP contribution in [0.2, 0.25) is 0 Å². The van der Waals surface area contributed by atoms with Crippen LogP contribution in [0, 0.1) is 5.82 Å². The molecule has 0 N–H and O–H groups in total. The second kappa shape index (κ2) is 7.79. The minimum atomic E-state index is -0.531. The molecule has 3 heterocycles. The number of carbonyl (C=O) groups excluding carboxylic acids is 2. The molecule has 2 aromatic heterocycles. The molecule has 0 spiro atoms. The molecular weight excluding hydrogens is 399 g/mol. The molecular formula is C23H21FN4O3. The summed E-state index contributed by atoms with van der Waals surface area (Å²) in [5.41, 5.74) is 1.01. The average molecular weight is 420 g/mol. The molecule has 31 heavy (non-hydrogen) atoms. The van der Waals surface area contributed by atoms with E-state index < -0.39 is 23.5 Å². The second-order valence-corrected chi connectivity index (χ2v) is 7.45. The van der Waals surface area contributed by atoms with Crippen LogP contribution in [0.1, 0.15) is 32.0 Å². The molecule has 3 aromatic rings. The van der Waals surface area contributed by atoms with Crippen molar-refractivity contribution < 1.29 is 23.7 Å². The molecule has 0 radical (unpaired) electrons. The van der Waals surface area contributed by atoms with Gasteiger partial charge in [-0.3, -0.25) is 14.5 Å². The number of aryl methyl sites for hydroxylation is 1. The Balaban J connectivity index is 1.99. The van der Waals surface area contributed by atoms with Crippen molar-refractivity contribution in [3.8, 4) is 11.6 Å². The molecule has 0 aliphatic carbocycles. The molecule has 0 atom stereocenters. The first-order chi connectivity index (χ1) is 14.8. The standard InChI is InChI=1S/C23H21FN4O3/c1-4-17-18(22(30)28(25-17)16-10-8-15(24)9-11-16)19-20(26-12-6-5-7-13-26)23(31)27(14(2)3)21(19)29/h5-14H,4H2,1-3H3. The summed E-state index contributed by atoms with van der Waals surface area (Å²) in [5, 5.41) is 17.8. The van der Waals surface area contributed by atoms with Gasteiger partial charge in [0.15, 0.2) is 12.4 Å². The molecule has 1 aromatic carbocycles. The summed E-state index contributed by atoms with van der Waals surface area (Å²) < 4.78 is 16.0. The Kier molecular flexibility index (Phi) is 5.14. The Hall–Kier alpha value is -3.81. The normalized spacial score (nSPS) is 14.3. The predicted molar refractivity (Wildman–Crippen MR) is 109 cm³/mol. The van der Waals surface area contributed by atoms with Crippen molar-refractivity contribution in [2.45, 2.75) is 33.2 Å². The molecule has 0 bridgehead atoms. The lowest BCUT2D eigenvalue weighted by Crippen LogP contribution is -2.42. The molecule has 7 nitrogen and oxygen atoms in total. The first kappa shape index (κ1) is 20.5. The highest BCUT2D eigenvalue weighted by molar-refractivity contribution is 6.45. The monoisotopic (exact) mass is 420 g/mol. The number of rotatable bonds is 5. The van der Waals surface area contributed by atoms with Gasteiger partial charge >= 0.3 is 5.91 Å². The number of benzene rings is 1. The Bertz CT molecular complexity index is 1200. The van der Waals surface area contributed by atoms with Gasteiger partial charge in [0.2, 0.25) is 0 Å². The van der Waals surface area contributed by atoms with Crippen molar-refractivity contribution in [3.63, 3.8) is 0 Å². The van der Waals surface area contributed by atoms with Crippen molar-refractivity contribution >= 4 is 23.1 Å². The van der Waals surface area contributed by atoms with E-state index >= 15 is 0 Å². The highest BCUT2D eigenvalue weighted by atomic mass is 19.1. The largest absolute Gasteiger partial charge is 0.858 e. The number of pyridine rings is 1. The van der Waals surface area contributed by atoms with Gasteiger partial charge in [0.05, 0.1) is 11.4 Å². The molecule has 0 saturated heterocycles. The summed E-state index contributed by atoms with van der Waals surface area (Å²) in [4.78, 5) is 27.7. The summed E-state index contributed by atoms with van der Waals surface area (Å²) in [6.07, 6.45) is 3.69. The average Bonchev–Trinajstić information content (AvgIpc) is 3.21. The van der Waals surface area contributed by atoms with Crippen LogP contribution in [0.3, 0.4) is 0 Å². The summed E-state index contributed by atoms with van der Waals surface area (Å²) in [7, 11) is 0. The van der Waals surface area contributed by atoms with Gasteiger partial charge in [-0.1, -0.05) is 13.0 Å². The van der Waals surface area contributed by atoms with Crippen LogP contribution in [0.5, 0.6) is 5.88 Å². The maximum absolute atomic E-state index is 13.4. The van der Waals surface area contributed by atoms with E-state index in [1.165, 1.54) is 24.3 Å². The van der Waals surface area contributed by atoms with Crippen LogP contribution in [-0.2, 0) is 16.0 Å². The Morgan fingerprint density at radius 3 is 2.29 bits per heavy atom. The minimum Gasteiger partial charge on any atom is -0.858 e. The van der Waals surface area contributed by atoms with Crippen molar-refractivity contribution in [1.29, 1.82) is 0 Å². The minimum absolute atomic E-state index is 0.0325. The fourth-order valence-electron chi connectivity index (χ4n) is 3.72. The molecule has 0 saturated carbocycles. The summed E-state index contributed by atoms with van der Waals surface area (Å²) in [6.45, 7) is 5.30. The summed E-state index contributed by atoms with van der Waals surface area (Å²) >= 11 is 0. The van der Waals surface area contributed by atoms with E-state index in [4.69, 9.17) is 0 Å². The molecule has 0 unspecified atom stereocenters. The third-order valence-corrected chi connectivity index (χ3v) is 5.15. The number of halogens is 1. The smallest absolute Gasteiger partial charge is 0.327 e. The van der Waals surface area contributed by atoms with Crippen molar-refractivity contribution in [2.75, 3.05) is 0 Å². The van der Waals surface area contributed by atoms with Crippen molar-refractivity contribution in [1.82, 2.24) is 14.7 Å². The quantitative estimate of drug-likeness (QED) is 0.468. The second-order valence-electron chi connectivity index (χ2n) is 7.45. The van der Waals surface area contributed by atoms with Crippen LogP contribution in [-0.4, -0.2) is 32.5 Å². The van der Waals surface area contributed by atoms with Crippen molar-refractivity contribution in [2.24, 2.45) is 0 Å². The SMILES string of the molecule is CCc1nn(-c2ccc(F)cc2)c([O-])c1C1=C([n+]2ccccc2)C(=O)N(C(C)C)C1=O. The number of carbonyl (C=O) groups is 2. The van der Waals surface area contributed by atoms with Crippen LogP contribution < -0.4 is 9.67 Å². The topological polar surface area (TPSA) is 82.1 Å². The molecule has 8 heteroatoms. The van der Waals surface area contributed by atoms with E-state index in [2.05, 4.69) is 5.10 Å². The lowest BCUT2D eigenvalue weighted by molar-refractivity contribution is -0.576. The highest BCUT2D eigenvalue weighted by Crippen LogP contribution is 2.37. The van der Waals surface area contributed by atoms with E-state index in [1.807, 2.05) is 6.92 Å². The zero-order valence-corrected chi connectivity index (χ0v) is 17.4. The van der Waals surface area contributed by atoms with Crippen LogP contribution in [0.15, 0.2) is 54.9 Å². The van der Waals surface area contributed by atoms with Gasteiger partial charge in [-0.15, -0.1) is 0 Å². The van der Waals surface area contributed by atoms with Gasteiger partial charge in [0.25, 0.3) is 11.6 Å².